The first-order valence-electron chi connectivity index (χ1n) is 9.21. The maximum atomic E-state index is 11.2. The van der Waals surface area contributed by atoms with Crippen LogP contribution >= 0.6 is 0 Å². The van der Waals surface area contributed by atoms with Gasteiger partial charge in [-0.2, -0.15) is 0 Å². The number of aldehydes is 1. The lowest BCUT2D eigenvalue weighted by atomic mass is 10.1. The molecule has 0 amide bonds. The van der Waals surface area contributed by atoms with Crippen LogP contribution in [0.15, 0.2) is 34.8 Å². The van der Waals surface area contributed by atoms with Gasteiger partial charge in [-0.15, -0.1) is 0 Å². The molecule has 6 heteroatoms. The molecule has 2 saturated heterocycles. The van der Waals surface area contributed by atoms with Crippen molar-refractivity contribution in [2.75, 3.05) is 19.7 Å². The van der Waals surface area contributed by atoms with Gasteiger partial charge in [0.15, 0.2) is 6.29 Å². The van der Waals surface area contributed by atoms with Gasteiger partial charge in [-0.05, 0) is 38.3 Å². The number of morpholine rings is 1. The van der Waals surface area contributed by atoms with Crippen LogP contribution in [0.3, 0.4) is 0 Å². The van der Waals surface area contributed by atoms with Crippen LogP contribution in [0.2, 0.25) is 0 Å². The molecule has 3 atom stereocenters. The third-order valence-electron chi connectivity index (χ3n) is 5.22. The van der Waals surface area contributed by atoms with Gasteiger partial charge in [-0.25, -0.2) is 0 Å². The van der Waals surface area contributed by atoms with Crippen molar-refractivity contribution < 1.29 is 19.4 Å². The highest BCUT2D eigenvalue weighted by Gasteiger charge is 2.36. The van der Waals surface area contributed by atoms with E-state index in [4.69, 9.17) is 14.5 Å². The van der Waals surface area contributed by atoms with Gasteiger partial charge in [0.25, 0.3) is 0 Å². The van der Waals surface area contributed by atoms with E-state index in [2.05, 4.69) is 17.9 Å². The Hall–Kier alpha value is -2.34. The Bertz CT molecular complexity index is 746. The van der Waals surface area contributed by atoms with Crippen molar-refractivity contribution in [2.45, 2.75) is 44.4 Å². The second kappa shape index (κ2) is 7.11. The Balaban J connectivity index is 1.51. The van der Waals surface area contributed by atoms with E-state index in [1.807, 2.05) is 0 Å². The summed E-state index contributed by atoms with van der Waals surface area (Å²) >= 11 is 0. The first-order chi connectivity index (χ1) is 12.6. The number of hydrogen-bond donors (Lipinski definition) is 1. The molecule has 0 saturated carbocycles. The highest BCUT2D eigenvalue weighted by molar-refractivity contribution is 5.99. The summed E-state index contributed by atoms with van der Waals surface area (Å²) in [6.07, 6.45) is 6.49. The molecule has 0 aromatic heterocycles. The Morgan fingerprint density at radius 3 is 2.85 bits per heavy atom. The molecule has 1 N–H and O–H groups in total. The molecule has 1 aromatic rings. The Kier molecular flexibility index (Phi) is 4.68. The van der Waals surface area contributed by atoms with Crippen LogP contribution in [0.5, 0.6) is 11.5 Å². The van der Waals surface area contributed by atoms with Gasteiger partial charge in [-0.1, -0.05) is 12.1 Å². The van der Waals surface area contributed by atoms with Crippen molar-refractivity contribution in [3.8, 4) is 11.5 Å². The fourth-order valence-corrected chi connectivity index (χ4v) is 3.88. The SMILES string of the molecule is CC1CC=C(COc2cccc(O)c2C=O)C(N2CC3CCC(C2)O3)=N1. The summed E-state index contributed by atoms with van der Waals surface area (Å²) in [6, 6.07) is 5.10. The van der Waals surface area contributed by atoms with Crippen LogP contribution in [0.1, 0.15) is 36.5 Å². The molecule has 3 heterocycles. The van der Waals surface area contributed by atoms with Gasteiger partial charge in [-0.3, -0.25) is 9.79 Å². The monoisotopic (exact) mass is 356 g/mol. The minimum Gasteiger partial charge on any atom is -0.507 e. The number of phenols is 1. The average molecular weight is 356 g/mol. The summed E-state index contributed by atoms with van der Waals surface area (Å²) in [7, 11) is 0. The number of aromatic hydroxyl groups is 1. The van der Waals surface area contributed by atoms with Crippen LogP contribution in [-0.4, -0.2) is 60.1 Å². The molecule has 26 heavy (non-hydrogen) atoms. The highest BCUT2D eigenvalue weighted by atomic mass is 16.5. The predicted octanol–water partition coefficient (Wildman–Crippen LogP) is 2.56. The number of benzene rings is 1. The number of dihydropyridines is 1. The van der Waals surface area contributed by atoms with Gasteiger partial charge >= 0.3 is 0 Å². The van der Waals surface area contributed by atoms with Crippen molar-refractivity contribution in [1.82, 2.24) is 4.90 Å². The van der Waals surface area contributed by atoms with Gasteiger partial charge in [0.1, 0.15) is 23.9 Å². The second-order valence-electron chi connectivity index (χ2n) is 7.22. The zero-order valence-electron chi connectivity index (χ0n) is 14.9. The number of carbonyl (C=O) groups excluding carboxylic acids is 1. The molecule has 4 rings (SSSR count). The molecule has 3 aliphatic rings. The molecule has 0 aliphatic carbocycles. The summed E-state index contributed by atoms with van der Waals surface area (Å²) in [4.78, 5) is 18.4. The summed E-state index contributed by atoms with van der Waals surface area (Å²) < 4.78 is 11.8. The van der Waals surface area contributed by atoms with Gasteiger partial charge in [0.2, 0.25) is 0 Å². The first-order valence-corrected chi connectivity index (χ1v) is 9.21. The maximum Gasteiger partial charge on any atom is 0.157 e. The lowest BCUT2D eigenvalue weighted by Gasteiger charge is -2.36. The molecule has 1 aromatic carbocycles. The first kappa shape index (κ1) is 17.1. The van der Waals surface area contributed by atoms with Gasteiger partial charge in [0.05, 0.1) is 23.8 Å². The zero-order valence-corrected chi connectivity index (χ0v) is 14.9. The molecule has 3 unspecified atom stereocenters. The van der Waals surface area contributed by atoms with Crippen molar-refractivity contribution >= 4 is 12.1 Å². The van der Waals surface area contributed by atoms with E-state index in [9.17, 15) is 9.90 Å². The summed E-state index contributed by atoms with van der Waals surface area (Å²) in [5, 5.41) is 9.81. The minimum atomic E-state index is -0.0672. The highest BCUT2D eigenvalue weighted by Crippen LogP contribution is 2.30. The van der Waals surface area contributed by atoms with Crippen LogP contribution in [0.25, 0.3) is 0 Å². The van der Waals surface area contributed by atoms with Crippen LogP contribution in [-0.2, 0) is 4.74 Å². The van der Waals surface area contributed by atoms with Crippen LogP contribution in [0, 0.1) is 0 Å². The molecular weight excluding hydrogens is 332 g/mol. The van der Waals surface area contributed by atoms with Crippen LogP contribution < -0.4 is 4.74 Å². The van der Waals surface area contributed by atoms with Crippen molar-refractivity contribution in [3.05, 3.63) is 35.4 Å². The van der Waals surface area contributed by atoms with E-state index in [0.717, 1.165) is 43.8 Å². The quantitative estimate of drug-likeness (QED) is 0.840. The maximum absolute atomic E-state index is 11.2. The summed E-state index contributed by atoms with van der Waals surface area (Å²) in [6.45, 7) is 4.17. The molecular formula is C20H24N2O4. The number of aliphatic imine (C=N–C) groups is 1. The number of nitrogens with zero attached hydrogens (tertiary/aromatic N) is 2. The van der Waals surface area contributed by atoms with Crippen molar-refractivity contribution in [3.63, 3.8) is 0 Å². The standard InChI is InChI=1S/C20H24N2O4/c1-13-5-6-14(12-25-19-4-2-3-18(24)17(19)11-23)20(21-13)22-9-15-7-8-16(10-22)26-15/h2-4,6,11,13,15-16,24H,5,7-10,12H2,1H3. The summed E-state index contributed by atoms with van der Waals surface area (Å²) in [5.74, 6) is 1.31. The average Bonchev–Trinajstić information content (AvgIpc) is 2.98. The summed E-state index contributed by atoms with van der Waals surface area (Å²) in [5.41, 5.74) is 1.21. The Morgan fingerprint density at radius 2 is 2.12 bits per heavy atom. The number of amidine groups is 1. The number of ether oxygens (including phenoxy) is 2. The number of phenolic OH excluding ortho intramolecular Hbond substituents is 1. The molecule has 0 radical (unpaired) electrons. The van der Waals surface area contributed by atoms with E-state index >= 15 is 0 Å². The van der Waals surface area contributed by atoms with Crippen molar-refractivity contribution in [2.24, 2.45) is 4.99 Å². The molecule has 138 valence electrons. The van der Waals surface area contributed by atoms with E-state index < -0.39 is 0 Å². The van der Waals surface area contributed by atoms with Crippen LogP contribution in [0.4, 0.5) is 0 Å². The molecule has 2 bridgehead atoms. The van der Waals surface area contributed by atoms with Gasteiger partial charge < -0.3 is 19.5 Å². The smallest absolute Gasteiger partial charge is 0.157 e. The number of hydrogen-bond acceptors (Lipinski definition) is 6. The molecule has 0 spiro atoms. The number of likely N-dealkylation sites (tertiary alicyclic amines) is 1. The fraction of sp³-hybridized carbons (Fsp3) is 0.500. The molecule has 3 aliphatic heterocycles. The number of carbonyl (C=O) groups is 1. The number of rotatable bonds is 4. The van der Waals surface area contributed by atoms with Crippen molar-refractivity contribution in [1.29, 1.82) is 0 Å². The largest absolute Gasteiger partial charge is 0.507 e. The normalized spacial score (nSPS) is 27.7. The third-order valence-corrected chi connectivity index (χ3v) is 5.22. The predicted molar refractivity (Wildman–Crippen MR) is 98.1 cm³/mol. The second-order valence-corrected chi connectivity index (χ2v) is 7.22. The third kappa shape index (κ3) is 3.33. The van der Waals surface area contributed by atoms with E-state index in [-0.39, 0.29) is 17.4 Å². The van der Waals surface area contributed by atoms with E-state index in [1.165, 1.54) is 6.07 Å². The van der Waals surface area contributed by atoms with E-state index in [1.54, 1.807) is 12.1 Å². The van der Waals surface area contributed by atoms with E-state index in [0.29, 0.717) is 30.9 Å². The number of fused-ring (bicyclic) bond motifs is 2. The lowest BCUT2D eigenvalue weighted by molar-refractivity contribution is -0.0159. The molecule has 2 fully saturated rings. The topological polar surface area (TPSA) is 71.4 Å². The molecule has 6 nitrogen and oxygen atoms in total. The Labute approximate surface area is 153 Å². The fourth-order valence-electron chi connectivity index (χ4n) is 3.88. The Morgan fingerprint density at radius 1 is 1.35 bits per heavy atom. The minimum absolute atomic E-state index is 0.0672. The zero-order chi connectivity index (χ0) is 18.1. The van der Waals surface area contributed by atoms with Gasteiger partial charge in [0, 0.05) is 18.7 Å². The lowest BCUT2D eigenvalue weighted by Crippen LogP contribution is -2.47.